The van der Waals surface area contributed by atoms with Crippen LogP contribution in [0, 0.1) is 17.5 Å². The molecule has 1 unspecified atom stereocenters. The number of aliphatic hydroxyl groups excluding tert-OH is 3. The minimum Gasteiger partial charge on any atom is -0.394 e. The first kappa shape index (κ1) is 29.7. The number of hydrogen-bond donors (Lipinski definition) is 5. The third-order valence-corrected chi connectivity index (χ3v) is 9.36. The largest absolute Gasteiger partial charge is 0.394 e. The van der Waals surface area contributed by atoms with Gasteiger partial charge in [-0.25, -0.2) is 17.9 Å². The molecule has 2 fully saturated rings. The monoisotopic (exact) mass is 574 g/mol. The van der Waals surface area contributed by atoms with E-state index in [1.165, 1.54) is 13.1 Å². The second-order valence-electron chi connectivity index (χ2n) is 10.1. The van der Waals surface area contributed by atoms with E-state index in [4.69, 9.17) is 4.74 Å². The number of hydrogen-bond acceptors (Lipinski definition) is 9. The molecule has 1 aliphatic heterocycles. The Morgan fingerprint density at radius 1 is 1.21 bits per heavy atom. The maximum Gasteiger partial charge on any atom is 0.218 e. The average molecular weight is 575 g/mol. The van der Waals surface area contributed by atoms with Crippen molar-refractivity contribution in [3.05, 3.63) is 35.8 Å². The molecular formula is C25H33F3N4O6S. The fourth-order valence-corrected chi connectivity index (χ4v) is 7.20. The fraction of sp³-hybridized carbons (Fsp3) is 0.640. The number of amides is 1. The van der Waals surface area contributed by atoms with Gasteiger partial charge in [0.25, 0.3) is 0 Å². The molecule has 2 aromatic rings. The quantitative estimate of drug-likeness (QED) is 0.236. The number of rotatable bonds is 8. The van der Waals surface area contributed by atoms with Crippen LogP contribution in [0.3, 0.4) is 0 Å². The third-order valence-electron chi connectivity index (χ3n) is 7.57. The smallest absolute Gasteiger partial charge is 0.218 e. The molecule has 1 aliphatic carbocycles. The van der Waals surface area contributed by atoms with Crippen LogP contribution in [0.5, 0.6) is 0 Å². The van der Waals surface area contributed by atoms with Crippen LogP contribution >= 0.6 is 11.8 Å². The summed E-state index contributed by atoms with van der Waals surface area (Å²) in [7, 11) is 0. The van der Waals surface area contributed by atoms with Gasteiger partial charge in [0.15, 0.2) is 17.5 Å². The Labute approximate surface area is 227 Å². The van der Waals surface area contributed by atoms with Gasteiger partial charge >= 0.3 is 0 Å². The van der Waals surface area contributed by atoms with Crippen LogP contribution in [0.2, 0.25) is 0 Å². The lowest BCUT2D eigenvalue weighted by molar-refractivity contribution is -0.179. The van der Waals surface area contributed by atoms with Crippen LogP contribution in [-0.2, 0) is 9.53 Å². The first-order chi connectivity index (χ1) is 18.4. The van der Waals surface area contributed by atoms with Gasteiger partial charge in [-0.1, -0.05) is 43.2 Å². The number of ether oxygens (including phenoxy) is 1. The summed E-state index contributed by atoms with van der Waals surface area (Å²) in [5.41, 5.74) is -2.63. The molecule has 0 spiro atoms. The molecule has 5 N–H and O–H groups in total. The van der Waals surface area contributed by atoms with Crippen molar-refractivity contribution in [2.24, 2.45) is 0 Å². The second kappa shape index (κ2) is 11.7. The van der Waals surface area contributed by atoms with Crippen LogP contribution in [0.1, 0.15) is 58.4 Å². The second-order valence-corrected chi connectivity index (χ2v) is 11.5. The summed E-state index contributed by atoms with van der Waals surface area (Å²) >= 11 is 1.00. The minimum atomic E-state index is -1.63. The average Bonchev–Trinajstić information content (AvgIpc) is 3.38. The third kappa shape index (κ3) is 5.68. The Kier molecular flexibility index (Phi) is 8.93. The van der Waals surface area contributed by atoms with Gasteiger partial charge < -0.3 is 30.5 Å². The predicted octanol–water partition coefficient (Wildman–Crippen LogP) is 2.01. The summed E-state index contributed by atoms with van der Waals surface area (Å²) < 4.78 is 47.9. The van der Waals surface area contributed by atoms with Crippen molar-refractivity contribution < 1.29 is 43.1 Å². The van der Waals surface area contributed by atoms with Crippen LogP contribution in [0.15, 0.2) is 18.3 Å². The van der Waals surface area contributed by atoms with Crippen molar-refractivity contribution in [2.45, 2.75) is 92.6 Å². The van der Waals surface area contributed by atoms with Gasteiger partial charge in [0, 0.05) is 12.5 Å². The molecule has 14 heteroatoms. The molecule has 0 radical (unpaired) electrons. The van der Waals surface area contributed by atoms with Crippen LogP contribution < -0.4 is 5.32 Å². The van der Waals surface area contributed by atoms with Crippen molar-refractivity contribution >= 4 is 17.7 Å². The van der Waals surface area contributed by atoms with E-state index >= 15 is 0 Å². The number of carbonyl (C=O) groups excluding carboxylic acids is 1. The van der Waals surface area contributed by atoms with Crippen molar-refractivity contribution in [3.8, 4) is 11.3 Å². The van der Waals surface area contributed by atoms with Gasteiger partial charge in [0.1, 0.15) is 40.4 Å². The molecule has 1 amide bonds. The molecule has 4 rings (SSSR count). The van der Waals surface area contributed by atoms with Crippen LogP contribution in [0.4, 0.5) is 13.2 Å². The van der Waals surface area contributed by atoms with E-state index < -0.39 is 64.3 Å². The van der Waals surface area contributed by atoms with Crippen molar-refractivity contribution in [1.29, 1.82) is 0 Å². The number of nitrogens with zero attached hydrogens (tertiary/aromatic N) is 3. The predicted molar refractivity (Wildman–Crippen MR) is 135 cm³/mol. The van der Waals surface area contributed by atoms with Gasteiger partial charge in [-0.2, -0.15) is 0 Å². The molecule has 0 bridgehead atoms. The summed E-state index contributed by atoms with van der Waals surface area (Å²) in [6.45, 7) is 2.50. The van der Waals surface area contributed by atoms with Gasteiger partial charge in [-0.3, -0.25) is 4.79 Å². The molecule has 6 atom stereocenters. The van der Waals surface area contributed by atoms with E-state index in [0.29, 0.717) is 12.8 Å². The highest BCUT2D eigenvalue weighted by Gasteiger charge is 2.55. The number of thioether (sulfide) groups is 1. The standard InChI is InChI=1S/C25H33F3N4O6S/c1-3-25(29-13(2)34,24(37)7-5-4-6-8-24)39-23-22(36)20(21(35)18(12-33)38-23)32-11-17(30-31-32)14-9-15(26)19(28)16(27)10-14/h9-11,18,20-23,33,35-37H,3-8,12H2,1-2H3,(H,29,34)/t18-,20+,21+,22-,23+,25?/m1/s1. The molecule has 2 aliphatic rings. The molecule has 1 saturated heterocycles. The van der Waals surface area contributed by atoms with E-state index in [2.05, 4.69) is 15.6 Å². The van der Waals surface area contributed by atoms with Gasteiger partial charge in [0.05, 0.1) is 18.4 Å². The molecule has 216 valence electrons. The summed E-state index contributed by atoms with van der Waals surface area (Å²) in [5, 5.41) is 54.7. The maximum absolute atomic E-state index is 13.8. The fourth-order valence-electron chi connectivity index (χ4n) is 5.52. The highest BCUT2D eigenvalue weighted by molar-refractivity contribution is 8.01. The van der Waals surface area contributed by atoms with Crippen LogP contribution in [-0.4, -0.2) is 82.2 Å². The Bertz CT molecular complexity index is 1160. The topological polar surface area (TPSA) is 150 Å². The lowest BCUT2D eigenvalue weighted by Gasteiger charge is -2.52. The molecular weight excluding hydrogens is 541 g/mol. The van der Waals surface area contributed by atoms with Crippen molar-refractivity contribution in [1.82, 2.24) is 20.3 Å². The van der Waals surface area contributed by atoms with E-state index in [-0.39, 0.29) is 23.6 Å². The highest BCUT2D eigenvalue weighted by Crippen LogP contribution is 2.49. The van der Waals surface area contributed by atoms with E-state index in [1.54, 1.807) is 6.92 Å². The zero-order valence-corrected chi connectivity index (χ0v) is 22.4. The van der Waals surface area contributed by atoms with Crippen molar-refractivity contribution in [2.75, 3.05) is 6.61 Å². The molecule has 1 aromatic heterocycles. The SMILES string of the molecule is CCC(NC(C)=O)(S[C@@H]1O[C@H](CO)[C@H](O)[C@H](n2cc(-c3cc(F)c(F)c(F)c3)nn2)[C@H]1O)C1(O)CCCCC1. The normalized spacial score (nSPS) is 28.6. The molecule has 2 heterocycles. The summed E-state index contributed by atoms with van der Waals surface area (Å²) in [4.78, 5) is 11.0. The Hall–Kier alpha value is -2.23. The number of carbonyl (C=O) groups is 1. The number of aromatic nitrogens is 3. The van der Waals surface area contributed by atoms with Gasteiger partial charge in [0.2, 0.25) is 5.91 Å². The Balaban J connectivity index is 1.68. The zero-order valence-electron chi connectivity index (χ0n) is 21.6. The Morgan fingerprint density at radius 3 is 2.41 bits per heavy atom. The number of benzene rings is 1. The van der Waals surface area contributed by atoms with E-state index in [9.17, 15) is 38.4 Å². The minimum absolute atomic E-state index is 0.0545. The summed E-state index contributed by atoms with van der Waals surface area (Å²) in [6.07, 6.45) is 0.631. The maximum atomic E-state index is 13.8. The zero-order chi connectivity index (χ0) is 28.5. The van der Waals surface area contributed by atoms with Crippen LogP contribution in [0.25, 0.3) is 11.3 Å². The lowest BCUT2D eigenvalue weighted by Crippen LogP contribution is -2.65. The lowest BCUT2D eigenvalue weighted by atomic mass is 9.78. The molecule has 1 aromatic carbocycles. The van der Waals surface area contributed by atoms with Gasteiger partial charge in [-0.05, 0) is 31.4 Å². The van der Waals surface area contributed by atoms with E-state index in [1.807, 2.05) is 0 Å². The number of aliphatic hydroxyl groups is 4. The molecule has 1 saturated carbocycles. The highest BCUT2D eigenvalue weighted by atomic mass is 32.2. The van der Waals surface area contributed by atoms with E-state index in [0.717, 1.165) is 47.8 Å². The number of halogens is 3. The summed E-state index contributed by atoms with van der Waals surface area (Å²) in [6, 6.07) is 0.247. The Morgan fingerprint density at radius 2 is 1.85 bits per heavy atom. The van der Waals surface area contributed by atoms with Crippen molar-refractivity contribution in [3.63, 3.8) is 0 Å². The first-order valence-electron chi connectivity index (χ1n) is 12.8. The summed E-state index contributed by atoms with van der Waals surface area (Å²) in [5.74, 6) is -4.86. The first-order valence-corrected chi connectivity index (χ1v) is 13.7. The molecule has 10 nitrogen and oxygen atoms in total. The number of nitrogens with one attached hydrogen (secondary N) is 1. The van der Waals surface area contributed by atoms with Gasteiger partial charge in [-0.15, -0.1) is 5.10 Å². The molecule has 39 heavy (non-hydrogen) atoms.